The molecule has 1 unspecified atom stereocenters. The van der Waals surface area contributed by atoms with E-state index in [1.807, 2.05) is 31.3 Å². The predicted octanol–water partition coefficient (Wildman–Crippen LogP) is 3.13. The van der Waals surface area contributed by atoms with E-state index >= 15 is 0 Å². The molecule has 1 atom stereocenters. The molecule has 17 heavy (non-hydrogen) atoms. The van der Waals surface area contributed by atoms with Gasteiger partial charge >= 0.3 is 0 Å². The summed E-state index contributed by atoms with van der Waals surface area (Å²) in [5, 5.41) is 3.14. The molecule has 0 aliphatic carbocycles. The van der Waals surface area contributed by atoms with Crippen LogP contribution >= 0.6 is 22.6 Å². The van der Waals surface area contributed by atoms with Gasteiger partial charge in [0.2, 0.25) is 0 Å². The molecule has 1 aromatic carbocycles. The van der Waals surface area contributed by atoms with Gasteiger partial charge in [-0.25, -0.2) is 4.39 Å². The molecule has 0 spiro atoms. The first-order valence-electron chi connectivity index (χ1n) is 5.25. The number of nitrogens with zero attached hydrogens (tertiary/aromatic N) is 1. The minimum absolute atomic E-state index is 0.147. The van der Waals surface area contributed by atoms with Crippen LogP contribution in [0.15, 0.2) is 42.7 Å². The largest absolute Gasteiger partial charge is 0.309 e. The van der Waals surface area contributed by atoms with Gasteiger partial charge in [0.1, 0.15) is 5.82 Å². The Morgan fingerprint density at radius 2 is 2.00 bits per heavy atom. The second-order valence-electron chi connectivity index (χ2n) is 3.64. The Labute approximate surface area is 113 Å². The Hall–Kier alpha value is -1.01. The minimum atomic E-state index is -0.286. The number of nitrogens with one attached hydrogen (secondary N) is 1. The van der Waals surface area contributed by atoms with Crippen LogP contribution in [0, 0.1) is 9.39 Å². The van der Waals surface area contributed by atoms with Crippen molar-refractivity contribution in [3.05, 3.63) is 63.2 Å². The summed E-state index contributed by atoms with van der Waals surface area (Å²) in [6, 6.07) is 9.51. The maximum Gasteiger partial charge on any atom is 0.146 e. The van der Waals surface area contributed by atoms with Crippen molar-refractivity contribution in [3.63, 3.8) is 0 Å². The molecular weight excluding hydrogens is 330 g/mol. The standard InChI is InChI=1S/C13H12FIN2/c1-16-13(9-6-7-17-8-11(9)14)10-4-2-3-5-12(10)15/h2-8,13,16H,1H3. The van der Waals surface area contributed by atoms with Gasteiger partial charge in [-0.1, -0.05) is 18.2 Å². The molecule has 0 radical (unpaired) electrons. The van der Waals surface area contributed by atoms with Crippen molar-refractivity contribution in [1.82, 2.24) is 10.3 Å². The number of aromatic nitrogens is 1. The van der Waals surface area contributed by atoms with Gasteiger partial charge < -0.3 is 5.32 Å². The Morgan fingerprint density at radius 3 is 2.65 bits per heavy atom. The van der Waals surface area contributed by atoms with Crippen LogP contribution in [0.1, 0.15) is 17.2 Å². The van der Waals surface area contributed by atoms with E-state index in [9.17, 15) is 4.39 Å². The van der Waals surface area contributed by atoms with E-state index in [2.05, 4.69) is 32.9 Å². The fraction of sp³-hybridized carbons (Fsp3) is 0.154. The van der Waals surface area contributed by atoms with E-state index in [0.29, 0.717) is 5.56 Å². The maximum absolute atomic E-state index is 13.7. The number of halogens is 2. The van der Waals surface area contributed by atoms with Crippen molar-refractivity contribution < 1.29 is 4.39 Å². The average molecular weight is 342 g/mol. The molecule has 1 aromatic heterocycles. The van der Waals surface area contributed by atoms with E-state index in [1.165, 1.54) is 6.20 Å². The lowest BCUT2D eigenvalue weighted by Crippen LogP contribution is -2.20. The van der Waals surface area contributed by atoms with Crippen LogP contribution in [0.4, 0.5) is 4.39 Å². The zero-order chi connectivity index (χ0) is 12.3. The lowest BCUT2D eigenvalue weighted by molar-refractivity contribution is 0.570. The van der Waals surface area contributed by atoms with Crippen LogP contribution in [-0.4, -0.2) is 12.0 Å². The first-order valence-corrected chi connectivity index (χ1v) is 6.33. The predicted molar refractivity (Wildman–Crippen MR) is 74.3 cm³/mol. The van der Waals surface area contributed by atoms with Crippen molar-refractivity contribution in [2.24, 2.45) is 0 Å². The molecule has 0 saturated carbocycles. The van der Waals surface area contributed by atoms with Crippen molar-refractivity contribution in [3.8, 4) is 0 Å². The molecule has 4 heteroatoms. The van der Waals surface area contributed by atoms with Gasteiger partial charge in [0, 0.05) is 15.3 Å². The van der Waals surface area contributed by atoms with Crippen molar-refractivity contribution >= 4 is 22.6 Å². The SMILES string of the molecule is CNC(c1ccncc1F)c1ccccc1I. The van der Waals surface area contributed by atoms with Crippen molar-refractivity contribution in [1.29, 1.82) is 0 Å². The molecule has 1 heterocycles. The number of hydrogen-bond acceptors (Lipinski definition) is 2. The Morgan fingerprint density at radius 1 is 1.24 bits per heavy atom. The summed E-state index contributed by atoms with van der Waals surface area (Å²) in [5.74, 6) is -0.286. The third kappa shape index (κ3) is 2.63. The monoisotopic (exact) mass is 342 g/mol. The highest BCUT2D eigenvalue weighted by atomic mass is 127. The number of hydrogen-bond donors (Lipinski definition) is 1. The molecule has 0 bridgehead atoms. The zero-order valence-electron chi connectivity index (χ0n) is 9.32. The fourth-order valence-electron chi connectivity index (χ4n) is 1.81. The van der Waals surface area contributed by atoms with Gasteiger partial charge in [-0.2, -0.15) is 0 Å². The summed E-state index contributed by atoms with van der Waals surface area (Å²) < 4.78 is 14.9. The van der Waals surface area contributed by atoms with Gasteiger partial charge in [-0.3, -0.25) is 4.98 Å². The molecule has 0 fully saturated rings. The number of rotatable bonds is 3. The third-order valence-corrected chi connectivity index (χ3v) is 3.60. The highest BCUT2D eigenvalue weighted by molar-refractivity contribution is 14.1. The Balaban J connectivity index is 2.48. The van der Waals surface area contributed by atoms with Crippen LogP contribution in [0.3, 0.4) is 0 Å². The molecule has 2 aromatic rings. The van der Waals surface area contributed by atoms with Crippen LogP contribution in [0.25, 0.3) is 0 Å². The molecule has 2 rings (SSSR count). The van der Waals surface area contributed by atoms with Crippen molar-refractivity contribution in [2.75, 3.05) is 7.05 Å². The molecule has 0 amide bonds. The van der Waals surface area contributed by atoms with Crippen LogP contribution < -0.4 is 5.32 Å². The minimum Gasteiger partial charge on any atom is -0.309 e. The molecule has 2 nitrogen and oxygen atoms in total. The molecule has 0 saturated heterocycles. The molecule has 0 aliphatic rings. The van der Waals surface area contributed by atoms with E-state index in [-0.39, 0.29) is 11.9 Å². The number of pyridine rings is 1. The van der Waals surface area contributed by atoms with E-state index < -0.39 is 0 Å². The first-order chi connectivity index (χ1) is 8.24. The Kier molecular flexibility index (Phi) is 4.06. The highest BCUT2D eigenvalue weighted by Crippen LogP contribution is 2.26. The van der Waals surface area contributed by atoms with E-state index in [4.69, 9.17) is 0 Å². The van der Waals surface area contributed by atoms with E-state index in [1.54, 1.807) is 12.3 Å². The lowest BCUT2D eigenvalue weighted by Gasteiger charge is -2.18. The molecule has 1 N–H and O–H groups in total. The van der Waals surface area contributed by atoms with Gasteiger partial charge in [-0.05, 0) is 47.3 Å². The van der Waals surface area contributed by atoms with Gasteiger partial charge in [0.15, 0.2) is 0 Å². The van der Waals surface area contributed by atoms with Gasteiger partial charge in [-0.15, -0.1) is 0 Å². The zero-order valence-corrected chi connectivity index (χ0v) is 11.5. The average Bonchev–Trinajstić information content (AvgIpc) is 2.34. The first kappa shape index (κ1) is 12.4. The summed E-state index contributed by atoms with van der Waals surface area (Å²) in [5.41, 5.74) is 1.69. The fourth-order valence-corrected chi connectivity index (χ4v) is 2.51. The summed E-state index contributed by atoms with van der Waals surface area (Å²) in [4.78, 5) is 3.77. The molecule has 88 valence electrons. The lowest BCUT2D eigenvalue weighted by atomic mass is 9.99. The second kappa shape index (κ2) is 5.55. The van der Waals surface area contributed by atoms with Gasteiger partial charge in [0.05, 0.1) is 12.2 Å². The van der Waals surface area contributed by atoms with Crippen molar-refractivity contribution in [2.45, 2.75) is 6.04 Å². The van der Waals surface area contributed by atoms with E-state index in [0.717, 1.165) is 9.13 Å². The summed E-state index contributed by atoms with van der Waals surface area (Å²) in [6.07, 6.45) is 2.86. The topological polar surface area (TPSA) is 24.9 Å². The molecule has 0 aliphatic heterocycles. The van der Waals surface area contributed by atoms with Gasteiger partial charge in [0.25, 0.3) is 0 Å². The quantitative estimate of drug-likeness (QED) is 0.867. The van der Waals surface area contributed by atoms with Crippen LogP contribution in [0.5, 0.6) is 0 Å². The van der Waals surface area contributed by atoms with Crippen LogP contribution in [-0.2, 0) is 0 Å². The maximum atomic E-state index is 13.7. The van der Waals surface area contributed by atoms with Crippen LogP contribution in [0.2, 0.25) is 0 Å². The second-order valence-corrected chi connectivity index (χ2v) is 4.80. The smallest absolute Gasteiger partial charge is 0.146 e. The summed E-state index contributed by atoms with van der Waals surface area (Å²) in [6.45, 7) is 0. The number of benzene rings is 1. The Bertz CT molecular complexity index is 471. The highest BCUT2D eigenvalue weighted by Gasteiger charge is 2.17. The normalized spacial score (nSPS) is 12.4. The third-order valence-electron chi connectivity index (χ3n) is 2.62. The molecular formula is C13H12FIN2. The summed E-state index contributed by atoms with van der Waals surface area (Å²) in [7, 11) is 1.83. The summed E-state index contributed by atoms with van der Waals surface area (Å²) >= 11 is 2.26.